The molecule has 7 nitrogen and oxygen atoms in total. The molecule has 0 spiro atoms. The molecule has 5 aromatic rings. The van der Waals surface area contributed by atoms with Crippen molar-refractivity contribution < 1.29 is 9.59 Å². The Morgan fingerprint density at radius 1 is 0.714 bits per heavy atom. The molecule has 0 N–H and O–H groups in total. The Labute approximate surface area is 200 Å². The molecule has 0 aliphatic carbocycles. The average molecular weight is 463 g/mol. The normalized spacial score (nSPS) is 13.2. The van der Waals surface area contributed by atoms with Crippen molar-refractivity contribution in [3.63, 3.8) is 0 Å². The average Bonchev–Trinajstić information content (AvgIpc) is 3.37. The monoisotopic (exact) mass is 462 g/mol. The minimum atomic E-state index is -0.243. The number of aromatic nitrogens is 3. The zero-order valence-electron chi connectivity index (χ0n) is 19.1. The van der Waals surface area contributed by atoms with Crippen molar-refractivity contribution in [2.24, 2.45) is 7.05 Å². The van der Waals surface area contributed by atoms with Gasteiger partial charge in [0.15, 0.2) is 0 Å². The quantitative estimate of drug-likeness (QED) is 0.366. The van der Waals surface area contributed by atoms with E-state index in [9.17, 15) is 14.4 Å². The fourth-order valence-corrected chi connectivity index (χ4v) is 4.92. The van der Waals surface area contributed by atoms with Crippen LogP contribution < -0.4 is 5.56 Å². The minimum absolute atomic E-state index is 0.155. The zero-order chi connectivity index (χ0) is 24.1. The highest BCUT2D eigenvalue weighted by Gasteiger charge is 2.34. The fraction of sp³-hybridized carbons (Fsp3) is 0.143. The first-order valence-electron chi connectivity index (χ1n) is 11.5. The number of hydrogen-bond acceptors (Lipinski definition) is 4. The smallest absolute Gasteiger partial charge is 0.277 e. The second kappa shape index (κ2) is 8.06. The summed E-state index contributed by atoms with van der Waals surface area (Å²) in [6, 6.07) is 22.4. The summed E-state index contributed by atoms with van der Waals surface area (Å²) in [5.41, 5.74) is 4.46. The standard InChI is InChI=1S/C28H22N4O3/c1-30-24-14-7-5-12-22(24)29-25(28(30)35)21-17-31(23-13-6-4-9-18(21)23)15-8-16-32-26(33)19-10-2-3-11-20(19)27(32)34/h2-7,9-14,17H,8,15-16H2,1H3. The van der Waals surface area contributed by atoms with Crippen LogP contribution in [0.25, 0.3) is 33.2 Å². The topological polar surface area (TPSA) is 77.2 Å². The lowest BCUT2D eigenvalue weighted by Gasteiger charge is -2.14. The van der Waals surface area contributed by atoms with E-state index in [0.29, 0.717) is 36.3 Å². The highest BCUT2D eigenvalue weighted by Crippen LogP contribution is 2.29. The van der Waals surface area contributed by atoms with Gasteiger partial charge in [-0.15, -0.1) is 0 Å². The molecule has 0 saturated heterocycles. The van der Waals surface area contributed by atoms with E-state index in [1.807, 2.05) is 54.7 Å². The first-order chi connectivity index (χ1) is 17.0. The number of hydrogen-bond donors (Lipinski definition) is 0. The molecular weight excluding hydrogens is 440 g/mol. The molecule has 0 fully saturated rings. The maximum Gasteiger partial charge on any atom is 0.277 e. The number of imide groups is 1. The second-order valence-corrected chi connectivity index (χ2v) is 8.73. The van der Waals surface area contributed by atoms with Crippen LogP contribution in [0.1, 0.15) is 27.1 Å². The van der Waals surface area contributed by atoms with Gasteiger partial charge in [0.05, 0.1) is 22.2 Å². The summed E-state index contributed by atoms with van der Waals surface area (Å²) >= 11 is 0. The van der Waals surface area contributed by atoms with Gasteiger partial charge in [-0.2, -0.15) is 0 Å². The Hall–Kier alpha value is -4.52. The lowest BCUT2D eigenvalue weighted by molar-refractivity contribution is 0.0651. The zero-order valence-corrected chi connectivity index (χ0v) is 19.1. The molecule has 0 bridgehead atoms. The van der Waals surface area contributed by atoms with Gasteiger partial charge in [-0.25, -0.2) is 4.98 Å². The van der Waals surface area contributed by atoms with Crippen LogP contribution in [0.5, 0.6) is 0 Å². The SMILES string of the molecule is Cn1c(=O)c(-c2cn(CCCN3C(=O)c4ccccc4C3=O)c3ccccc23)nc2ccccc21. The van der Waals surface area contributed by atoms with Crippen molar-refractivity contribution in [2.45, 2.75) is 13.0 Å². The number of para-hydroxylation sites is 3. The highest BCUT2D eigenvalue weighted by atomic mass is 16.2. The lowest BCUT2D eigenvalue weighted by atomic mass is 10.1. The third kappa shape index (κ3) is 3.27. The van der Waals surface area contributed by atoms with Gasteiger partial charge in [0, 0.05) is 42.8 Å². The Bertz CT molecular complexity index is 1680. The Balaban J connectivity index is 1.33. The molecule has 1 aliphatic heterocycles. The van der Waals surface area contributed by atoms with Gasteiger partial charge in [0.2, 0.25) is 0 Å². The molecule has 1 aliphatic rings. The van der Waals surface area contributed by atoms with Crippen LogP contribution in [0.2, 0.25) is 0 Å². The Kier molecular flexibility index (Phi) is 4.84. The van der Waals surface area contributed by atoms with E-state index >= 15 is 0 Å². The van der Waals surface area contributed by atoms with Crippen molar-refractivity contribution in [3.05, 3.63) is 100 Å². The number of rotatable bonds is 5. The molecule has 3 aromatic carbocycles. The van der Waals surface area contributed by atoms with Gasteiger partial charge in [0.1, 0.15) is 5.69 Å². The van der Waals surface area contributed by atoms with E-state index in [0.717, 1.165) is 27.5 Å². The number of aryl methyl sites for hydroxylation is 2. The van der Waals surface area contributed by atoms with Crippen LogP contribution in [0, 0.1) is 0 Å². The van der Waals surface area contributed by atoms with E-state index in [1.54, 1.807) is 35.9 Å². The highest BCUT2D eigenvalue weighted by molar-refractivity contribution is 6.21. The van der Waals surface area contributed by atoms with Gasteiger partial charge in [-0.05, 0) is 36.8 Å². The minimum Gasteiger partial charge on any atom is -0.347 e. The summed E-state index contributed by atoms with van der Waals surface area (Å²) in [7, 11) is 1.76. The molecule has 2 amide bonds. The van der Waals surface area contributed by atoms with E-state index in [2.05, 4.69) is 4.57 Å². The largest absolute Gasteiger partial charge is 0.347 e. The fourth-order valence-electron chi connectivity index (χ4n) is 4.92. The summed E-state index contributed by atoms with van der Waals surface area (Å²) in [4.78, 5) is 44.6. The van der Waals surface area contributed by atoms with Gasteiger partial charge in [-0.3, -0.25) is 19.3 Å². The van der Waals surface area contributed by atoms with E-state index < -0.39 is 0 Å². The van der Waals surface area contributed by atoms with E-state index in [-0.39, 0.29) is 17.4 Å². The van der Waals surface area contributed by atoms with Crippen LogP contribution >= 0.6 is 0 Å². The summed E-state index contributed by atoms with van der Waals surface area (Å²) in [5, 5.41) is 0.938. The molecule has 3 heterocycles. The molecule has 0 atom stereocenters. The number of amides is 2. The van der Waals surface area contributed by atoms with Crippen molar-refractivity contribution in [1.82, 2.24) is 19.0 Å². The van der Waals surface area contributed by atoms with E-state index in [1.165, 1.54) is 4.90 Å². The molecule has 2 aromatic heterocycles. The summed E-state index contributed by atoms with van der Waals surface area (Å²) < 4.78 is 3.70. The van der Waals surface area contributed by atoms with Crippen LogP contribution in [-0.4, -0.2) is 37.4 Å². The number of fused-ring (bicyclic) bond motifs is 3. The lowest BCUT2D eigenvalue weighted by Crippen LogP contribution is -2.31. The predicted octanol–water partition coefficient (Wildman–Crippen LogP) is 4.24. The Morgan fingerprint density at radius 3 is 2.09 bits per heavy atom. The molecule has 0 saturated carbocycles. The Morgan fingerprint density at radius 2 is 1.34 bits per heavy atom. The number of nitrogens with zero attached hydrogens (tertiary/aromatic N) is 4. The molecule has 35 heavy (non-hydrogen) atoms. The molecule has 172 valence electrons. The van der Waals surface area contributed by atoms with Crippen LogP contribution in [-0.2, 0) is 13.6 Å². The number of carbonyl (C=O) groups excluding carboxylic acids is 2. The van der Waals surface area contributed by atoms with Crippen LogP contribution in [0.3, 0.4) is 0 Å². The summed E-state index contributed by atoms with van der Waals surface area (Å²) in [6.07, 6.45) is 2.54. The number of carbonyl (C=O) groups is 2. The first kappa shape index (κ1) is 21.0. The van der Waals surface area contributed by atoms with Crippen molar-refractivity contribution in [1.29, 1.82) is 0 Å². The van der Waals surface area contributed by atoms with Crippen LogP contribution in [0.15, 0.2) is 83.8 Å². The van der Waals surface area contributed by atoms with Crippen molar-refractivity contribution in [3.8, 4) is 11.3 Å². The third-order valence-corrected chi connectivity index (χ3v) is 6.69. The molecular formula is C28H22N4O3. The maximum atomic E-state index is 13.2. The van der Waals surface area contributed by atoms with Crippen molar-refractivity contribution in [2.75, 3.05) is 6.54 Å². The molecule has 0 unspecified atom stereocenters. The maximum absolute atomic E-state index is 13.2. The summed E-state index contributed by atoms with van der Waals surface area (Å²) in [6.45, 7) is 0.909. The molecule has 7 heteroatoms. The third-order valence-electron chi connectivity index (χ3n) is 6.69. The van der Waals surface area contributed by atoms with Crippen molar-refractivity contribution >= 4 is 33.8 Å². The summed E-state index contributed by atoms with van der Waals surface area (Å²) in [5.74, 6) is -0.486. The van der Waals surface area contributed by atoms with Crippen LogP contribution in [0.4, 0.5) is 0 Å². The van der Waals surface area contributed by atoms with Gasteiger partial charge in [-0.1, -0.05) is 42.5 Å². The molecule has 0 radical (unpaired) electrons. The second-order valence-electron chi connectivity index (χ2n) is 8.73. The van der Waals surface area contributed by atoms with Gasteiger partial charge in [0.25, 0.3) is 17.4 Å². The van der Waals surface area contributed by atoms with Gasteiger partial charge >= 0.3 is 0 Å². The first-order valence-corrected chi connectivity index (χ1v) is 11.5. The predicted molar refractivity (Wildman–Crippen MR) is 134 cm³/mol. The molecule has 6 rings (SSSR count). The number of benzene rings is 3. The van der Waals surface area contributed by atoms with Gasteiger partial charge < -0.3 is 9.13 Å². The van der Waals surface area contributed by atoms with E-state index in [4.69, 9.17) is 4.98 Å².